The molecule has 4 aromatic rings. The van der Waals surface area contributed by atoms with Gasteiger partial charge in [-0.05, 0) is 47.9 Å². The van der Waals surface area contributed by atoms with Crippen molar-refractivity contribution in [3.05, 3.63) is 95.9 Å². The molecule has 0 atom stereocenters. The van der Waals surface area contributed by atoms with Crippen LogP contribution in [0.1, 0.15) is 0 Å². The van der Waals surface area contributed by atoms with Crippen LogP contribution < -0.4 is 38.2 Å². The molecule has 0 amide bonds. The third kappa shape index (κ3) is 6.01. The van der Waals surface area contributed by atoms with Gasteiger partial charge in [-0.1, -0.05) is 0 Å². The van der Waals surface area contributed by atoms with Gasteiger partial charge >= 0.3 is 0 Å². The van der Waals surface area contributed by atoms with Crippen LogP contribution in [0.3, 0.4) is 0 Å². The van der Waals surface area contributed by atoms with E-state index in [0.29, 0.717) is 6.07 Å². The van der Waals surface area contributed by atoms with E-state index in [1.54, 1.807) is 0 Å². The first kappa shape index (κ1) is 28.8. The van der Waals surface area contributed by atoms with Gasteiger partial charge in [0.25, 0.3) is 25.9 Å². The Kier molecular flexibility index (Phi) is 7.29. The molecule has 212 valence electrons. The summed E-state index contributed by atoms with van der Waals surface area (Å²) in [6.45, 7) is 0. The Morgan fingerprint density at radius 3 is 2.07 bits per heavy atom. The molecule has 0 spiro atoms. The first-order chi connectivity index (χ1) is 19.1. The van der Waals surface area contributed by atoms with Crippen molar-refractivity contribution >= 4 is 53.8 Å². The number of nitrogens with zero attached hydrogens (tertiary/aromatic N) is 3. The van der Waals surface area contributed by atoms with Crippen LogP contribution in [0.5, 0.6) is 5.75 Å². The molecule has 19 heteroatoms. The number of nitrogens with one attached hydrogen (secondary N) is 2. The average molecular weight is 605 g/mol. The Bertz CT molecular complexity index is 2200. The Hall–Kier alpha value is -5.24. The fourth-order valence-corrected chi connectivity index (χ4v) is 4.67. The van der Waals surface area contributed by atoms with Crippen molar-refractivity contribution in [3.8, 4) is 5.75 Å². The molecule has 0 radical (unpaired) electrons. The maximum Gasteiger partial charge on any atom is 0.294 e. The molecule has 4 rings (SSSR count). The van der Waals surface area contributed by atoms with Crippen molar-refractivity contribution in [3.63, 3.8) is 0 Å². The zero-order valence-corrected chi connectivity index (χ0v) is 21.7. The molecule has 0 aliphatic carbocycles. The number of phenolic OH excluding ortho intramolecular Hbond substituents is 1. The van der Waals surface area contributed by atoms with Crippen molar-refractivity contribution in [1.29, 1.82) is 0 Å². The number of nitrogen functional groups attached to an aromatic ring is 1. The Morgan fingerprint density at radius 2 is 1.49 bits per heavy atom. The predicted molar refractivity (Wildman–Crippen MR) is 142 cm³/mol. The minimum Gasteiger partial charge on any atom is -0.507 e. The molecular formula is C22H16N6O11S2. The standard InChI is InChI=1S/C22H16N6O11S2/c23-14-7-11(1-3-17(14)28(32)33)24-27-21-18(29)4-2-15(22(21)31)25-26-16-8-12(40(34,35)36)5-10-6-13(41(37,38)39)9-19(30)20(10)16/h1-9,24,26,30H,23H2,(H,34,35,36)(H,37,38,39)/b25-15-,27-21+. The Morgan fingerprint density at radius 1 is 0.854 bits per heavy atom. The van der Waals surface area contributed by atoms with Gasteiger partial charge in [0.1, 0.15) is 16.8 Å². The highest BCUT2D eigenvalue weighted by molar-refractivity contribution is 7.86. The van der Waals surface area contributed by atoms with Crippen LogP contribution in [-0.4, -0.2) is 36.0 Å². The number of benzene rings is 4. The van der Waals surface area contributed by atoms with Crippen LogP contribution in [0.2, 0.25) is 0 Å². The number of anilines is 3. The lowest BCUT2D eigenvalue weighted by Crippen LogP contribution is -2.47. The fourth-order valence-electron chi connectivity index (χ4n) is 3.59. The normalized spacial score (nSPS) is 12.9. The summed E-state index contributed by atoms with van der Waals surface area (Å²) in [7, 11) is -9.70. The molecule has 41 heavy (non-hydrogen) atoms. The van der Waals surface area contributed by atoms with E-state index in [2.05, 4.69) is 21.1 Å². The van der Waals surface area contributed by atoms with E-state index in [4.69, 9.17) is 5.73 Å². The highest BCUT2D eigenvalue weighted by atomic mass is 32.2. The third-order valence-electron chi connectivity index (χ3n) is 5.46. The first-order valence-electron chi connectivity index (χ1n) is 10.8. The second-order valence-corrected chi connectivity index (χ2v) is 11.0. The molecule has 0 aliphatic heterocycles. The van der Waals surface area contributed by atoms with Crippen LogP contribution >= 0.6 is 0 Å². The quantitative estimate of drug-likeness (QED) is 0.0700. The van der Waals surface area contributed by atoms with Gasteiger partial charge in [0.05, 0.1) is 26.1 Å². The lowest BCUT2D eigenvalue weighted by atomic mass is 10.1. The molecule has 0 aliphatic rings. The number of nitrogens with two attached hydrogens (primary N) is 1. The van der Waals surface area contributed by atoms with Crippen molar-refractivity contribution in [2.75, 3.05) is 16.6 Å². The van der Waals surface area contributed by atoms with E-state index in [9.17, 15) is 50.8 Å². The summed E-state index contributed by atoms with van der Waals surface area (Å²) in [5.74, 6) is -0.741. The van der Waals surface area contributed by atoms with Crippen LogP contribution in [0.15, 0.2) is 84.2 Å². The summed E-state index contributed by atoms with van der Waals surface area (Å²) in [4.78, 5) is 33.8. The summed E-state index contributed by atoms with van der Waals surface area (Å²) >= 11 is 0. The van der Waals surface area contributed by atoms with Gasteiger partial charge < -0.3 is 10.8 Å². The zero-order chi connectivity index (χ0) is 30.3. The van der Waals surface area contributed by atoms with E-state index in [1.807, 2.05) is 0 Å². The number of hydrogen-bond acceptors (Lipinski definition) is 14. The SMILES string of the molecule is Nc1cc(N/N=c2\c(=O)cc/c(=N/Nc3cc(S(=O)(=O)O)cc4cc(S(=O)(=O)O)cc(O)c34)c2=O)ccc1[N+](=O)[O-]. The molecule has 0 saturated heterocycles. The molecular weight excluding hydrogens is 588 g/mol. The highest BCUT2D eigenvalue weighted by Crippen LogP contribution is 2.36. The minimum atomic E-state index is -4.87. The number of fused-ring (bicyclic) bond motifs is 1. The Balaban J connectivity index is 1.82. The van der Waals surface area contributed by atoms with E-state index in [1.165, 1.54) is 6.07 Å². The van der Waals surface area contributed by atoms with Crippen molar-refractivity contribution in [1.82, 2.24) is 0 Å². The summed E-state index contributed by atoms with van der Waals surface area (Å²) in [5, 5.41) is 27.3. The number of nitro benzene ring substituents is 1. The van der Waals surface area contributed by atoms with Crippen LogP contribution in [0, 0.1) is 10.1 Å². The van der Waals surface area contributed by atoms with E-state index >= 15 is 0 Å². The van der Waals surface area contributed by atoms with Crippen LogP contribution in [-0.2, 0) is 20.2 Å². The summed E-state index contributed by atoms with van der Waals surface area (Å²) < 4.78 is 65.5. The van der Waals surface area contributed by atoms with Gasteiger partial charge in [0.2, 0.25) is 10.9 Å². The minimum absolute atomic E-state index is 0.112. The summed E-state index contributed by atoms with van der Waals surface area (Å²) in [6, 6.07) is 8.56. The molecule has 0 fully saturated rings. The van der Waals surface area contributed by atoms with Crippen LogP contribution in [0.4, 0.5) is 22.7 Å². The second kappa shape index (κ2) is 10.4. The maximum atomic E-state index is 12.9. The molecule has 0 bridgehead atoms. The van der Waals surface area contributed by atoms with Gasteiger partial charge in [-0.3, -0.25) is 39.7 Å². The number of aromatic hydroxyl groups is 1. The molecule has 0 heterocycles. The van der Waals surface area contributed by atoms with Gasteiger partial charge in [-0.2, -0.15) is 27.0 Å². The lowest BCUT2D eigenvalue weighted by Gasteiger charge is -2.11. The van der Waals surface area contributed by atoms with E-state index in [0.717, 1.165) is 42.5 Å². The lowest BCUT2D eigenvalue weighted by molar-refractivity contribution is -0.383. The van der Waals surface area contributed by atoms with Crippen molar-refractivity contribution in [2.24, 2.45) is 10.2 Å². The molecule has 0 saturated carbocycles. The van der Waals surface area contributed by atoms with Crippen LogP contribution in [0.25, 0.3) is 10.8 Å². The average Bonchev–Trinajstić information content (AvgIpc) is 2.86. The Labute approximate surface area is 227 Å². The van der Waals surface area contributed by atoms with E-state index < -0.39 is 62.3 Å². The fraction of sp³-hybridized carbons (Fsp3) is 0. The molecule has 4 aromatic carbocycles. The number of phenols is 1. The monoisotopic (exact) mass is 604 g/mol. The van der Waals surface area contributed by atoms with E-state index in [-0.39, 0.29) is 33.5 Å². The largest absolute Gasteiger partial charge is 0.507 e. The summed E-state index contributed by atoms with van der Waals surface area (Å²) in [5.41, 5.74) is 7.69. The number of rotatable bonds is 7. The molecule has 7 N–H and O–H groups in total. The molecule has 0 aromatic heterocycles. The predicted octanol–water partition coefficient (Wildman–Crippen LogP) is -0.0192. The molecule has 0 unspecified atom stereocenters. The third-order valence-corrected chi connectivity index (χ3v) is 7.13. The highest BCUT2D eigenvalue weighted by Gasteiger charge is 2.20. The van der Waals surface area contributed by atoms with Crippen molar-refractivity contribution in [2.45, 2.75) is 9.79 Å². The summed E-state index contributed by atoms with van der Waals surface area (Å²) in [6.07, 6.45) is 0. The second-order valence-electron chi connectivity index (χ2n) is 8.20. The zero-order valence-electron chi connectivity index (χ0n) is 20.0. The number of hydrogen-bond donors (Lipinski definition) is 6. The number of nitro groups is 1. The van der Waals surface area contributed by atoms with Gasteiger partial charge in [0.15, 0.2) is 5.36 Å². The van der Waals surface area contributed by atoms with Gasteiger partial charge in [0, 0.05) is 17.5 Å². The van der Waals surface area contributed by atoms with Gasteiger partial charge in [-0.25, -0.2) is 0 Å². The smallest absolute Gasteiger partial charge is 0.294 e. The first-order valence-corrected chi connectivity index (χ1v) is 13.7. The van der Waals surface area contributed by atoms with Gasteiger partial charge in [-0.15, -0.1) is 0 Å². The van der Waals surface area contributed by atoms with Crippen molar-refractivity contribution < 1.29 is 36.0 Å². The topological polar surface area (TPSA) is 281 Å². The molecule has 17 nitrogen and oxygen atoms in total. The maximum absolute atomic E-state index is 12.9.